The van der Waals surface area contributed by atoms with Crippen LogP contribution >= 0.6 is 0 Å². The van der Waals surface area contributed by atoms with Crippen LogP contribution in [-0.2, 0) is 11.2 Å². The number of nitrogens with one attached hydrogen (secondary N) is 1. The van der Waals surface area contributed by atoms with E-state index in [9.17, 15) is 15.0 Å². The van der Waals surface area contributed by atoms with Gasteiger partial charge in [0.25, 0.3) is 0 Å². The highest BCUT2D eigenvalue weighted by molar-refractivity contribution is 5.82. The summed E-state index contributed by atoms with van der Waals surface area (Å²) in [6.45, 7) is 0. The predicted molar refractivity (Wildman–Crippen MR) is 104 cm³/mol. The number of rotatable bonds is 9. The van der Waals surface area contributed by atoms with Crippen molar-refractivity contribution in [1.82, 2.24) is 10.3 Å². The molecule has 2 aliphatic rings. The Morgan fingerprint density at radius 3 is 2.44 bits per heavy atom. The van der Waals surface area contributed by atoms with Crippen molar-refractivity contribution in [3.63, 3.8) is 0 Å². The van der Waals surface area contributed by atoms with Crippen LogP contribution < -0.4 is 11.1 Å². The molecule has 1 heterocycles. The number of hydrogen-bond donors (Lipinski definition) is 4. The van der Waals surface area contributed by atoms with Crippen LogP contribution in [0.5, 0.6) is 0 Å². The number of aliphatic hydroxyl groups is 2. The Balaban J connectivity index is 1.60. The molecule has 3 rings (SSSR count). The number of amides is 1. The largest absolute Gasteiger partial charge is 0.390 e. The van der Waals surface area contributed by atoms with E-state index in [0.717, 1.165) is 31.2 Å². The second-order valence-corrected chi connectivity index (χ2v) is 8.34. The first-order valence-corrected chi connectivity index (χ1v) is 10.4. The topological polar surface area (TPSA) is 108 Å². The summed E-state index contributed by atoms with van der Waals surface area (Å²) in [6, 6.07) is 2.56. The number of nitrogens with two attached hydrogens (primary N) is 1. The third-order valence-electron chi connectivity index (χ3n) is 6.05. The van der Waals surface area contributed by atoms with Gasteiger partial charge in [-0.25, -0.2) is 0 Å². The molecule has 1 amide bonds. The summed E-state index contributed by atoms with van der Waals surface area (Å²) in [6.07, 6.45) is 10.6. The lowest BCUT2D eigenvalue weighted by Gasteiger charge is -2.33. The third kappa shape index (κ3) is 5.99. The normalized spacial score (nSPS) is 22.6. The quantitative estimate of drug-likeness (QED) is 0.523. The second-order valence-electron chi connectivity index (χ2n) is 8.34. The zero-order valence-corrected chi connectivity index (χ0v) is 16.0. The number of hydrogen-bond acceptors (Lipinski definition) is 5. The first-order valence-electron chi connectivity index (χ1n) is 10.4. The predicted octanol–water partition coefficient (Wildman–Crippen LogP) is 1.54. The van der Waals surface area contributed by atoms with Crippen LogP contribution in [0.15, 0.2) is 24.5 Å². The van der Waals surface area contributed by atoms with E-state index in [0.29, 0.717) is 18.8 Å². The van der Waals surface area contributed by atoms with Gasteiger partial charge in [-0.2, -0.15) is 0 Å². The van der Waals surface area contributed by atoms with Crippen molar-refractivity contribution >= 4 is 5.91 Å². The zero-order valence-electron chi connectivity index (χ0n) is 16.0. The Morgan fingerprint density at radius 1 is 1.15 bits per heavy atom. The third-order valence-corrected chi connectivity index (χ3v) is 6.05. The summed E-state index contributed by atoms with van der Waals surface area (Å²) >= 11 is 0. The molecule has 0 saturated heterocycles. The maximum atomic E-state index is 12.7. The molecule has 0 unspecified atom stereocenters. The molecule has 2 fully saturated rings. The summed E-state index contributed by atoms with van der Waals surface area (Å²) in [5, 5.41) is 24.1. The Labute approximate surface area is 161 Å². The molecule has 0 bridgehead atoms. The molecule has 0 aliphatic heterocycles. The summed E-state index contributed by atoms with van der Waals surface area (Å²) in [4.78, 5) is 16.6. The number of aromatic nitrogens is 1. The molecular weight excluding hydrogens is 342 g/mol. The van der Waals surface area contributed by atoms with Crippen molar-refractivity contribution in [3.8, 4) is 0 Å². The Hall–Kier alpha value is -1.50. The van der Waals surface area contributed by atoms with E-state index >= 15 is 0 Å². The minimum atomic E-state index is -0.934. The molecule has 0 spiro atoms. The van der Waals surface area contributed by atoms with Gasteiger partial charge in [-0.1, -0.05) is 32.1 Å². The van der Waals surface area contributed by atoms with Gasteiger partial charge < -0.3 is 21.3 Å². The van der Waals surface area contributed by atoms with Crippen LogP contribution in [0, 0.1) is 11.8 Å². The molecule has 5 N–H and O–H groups in total. The molecule has 2 aliphatic carbocycles. The van der Waals surface area contributed by atoms with E-state index in [4.69, 9.17) is 5.73 Å². The maximum Gasteiger partial charge on any atom is 0.237 e. The second kappa shape index (κ2) is 9.62. The van der Waals surface area contributed by atoms with Crippen molar-refractivity contribution in [2.45, 2.75) is 82.1 Å². The average Bonchev–Trinajstić information content (AvgIpc) is 3.53. The van der Waals surface area contributed by atoms with Crippen LogP contribution in [0.2, 0.25) is 0 Å². The van der Waals surface area contributed by atoms with E-state index in [2.05, 4.69) is 10.3 Å². The highest BCUT2D eigenvalue weighted by Crippen LogP contribution is 2.36. The van der Waals surface area contributed by atoms with Crippen LogP contribution in [0.25, 0.3) is 0 Å². The molecule has 150 valence electrons. The van der Waals surface area contributed by atoms with E-state index in [1.807, 2.05) is 12.1 Å². The van der Waals surface area contributed by atoms with E-state index in [-0.39, 0.29) is 11.8 Å². The van der Waals surface area contributed by atoms with Gasteiger partial charge in [0.1, 0.15) is 6.10 Å². The summed E-state index contributed by atoms with van der Waals surface area (Å²) in [5.41, 5.74) is 7.06. The molecule has 0 aromatic carbocycles. The fourth-order valence-corrected chi connectivity index (χ4v) is 4.18. The van der Waals surface area contributed by atoms with E-state index in [1.165, 1.54) is 19.3 Å². The monoisotopic (exact) mass is 375 g/mol. The van der Waals surface area contributed by atoms with E-state index in [1.54, 1.807) is 12.4 Å². The lowest BCUT2D eigenvalue weighted by Crippen LogP contribution is -2.54. The van der Waals surface area contributed by atoms with Gasteiger partial charge in [0, 0.05) is 12.4 Å². The fraction of sp³-hybridized carbons (Fsp3) is 0.714. The molecular formula is C21H33N3O3. The van der Waals surface area contributed by atoms with Crippen molar-refractivity contribution in [3.05, 3.63) is 30.1 Å². The van der Waals surface area contributed by atoms with Crippen molar-refractivity contribution in [2.24, 2.45) is 17.6 Å². The van der Waals surface area contributed by atoms with Crippen molar-refractivity contribution in [2.75, 3.05) is 0 Å². The first kappa shape index (κ1) is 20.2. The maximum absolute atomic E-state index is 12.7. The minimum Gasteiger partial charge on any atom is -0.390 e. The Morgan fingerprint density at radius 2 is 1.81 bits per heavy atom. The molecule has 4 atom stereocenters. The minimum absolute atomic E-state index is 0.163. The van der Waals surface area contributed by atoms with Gasteiger partial charge in [0.05, 0.1) is 18.2 Å². The summed E-state index contributed by atoms with van der Waals surface area (Å²) in [5.74, 6) is 0.382. The smallest absolute Gasteiger partial charge is 0.237 e. The number of nitrogens with zero attached hydrogens (tertiary/aromatic N) is 1. The van der Waals surface area contributed by atoms with Gasteiger partial charge >= 0.3 is 0 Å². The Bertz CT molecular complexity index is 588. The molecule has 2 saturated carbocycles. The molecule has 6 heteroatoms. The number of carbonyl (C=O) groups excluding carboxylic acids is 1. The summed E-state index contributed by atoms with van der Waals surface area (Å²) in [7, 11) is 0. The van der Waals surface area contributed by atoms with Crippen molar-refractivity contribution in [1.29, 1.82) is 0 Å². The van der Waals surface area contributed by atoms with Gasteiger partial charge in [-0.15, -0.1) is 0 Å². The Kier molecular flexibility index (Phi) is 7.21. The lowest BCUT2D eigenvalue weighted by molar-refractivity contribution is -0.125. The van der Waals surface area contributed by atoms with Gasteiger partial charge in [-0.05, 0) is 55.2 Å². The molecule has 6 nitrogen and oxygen atoms in total. The average molecular weight is 376 g/mol. The fourth-order valence-electron chi connectivity index (χ4n) is 4.18. The zero-order chi connectivity index (χ0) is 19.2. The van der Waals surface area contributed by atoms with Crippen LogP contribution in [0.3, 0.4) is 0 Å². The number of carbonyl (C=O) groups is 1. The standard InChI is InChI=1S/C21H33N3O3/c22-17(12-15-8-10-23-11-9-15)21(27)24-18(13-14-4-2-1-3-5-14)20(26)19(25)16-6-7-16/h8-11,14,16-20,25-26H,1-7,12-13,22H2,(H,24,27)/t17-,18+,19+,20-/m1/s1. The van der Waals surface area contributed by atoms with Crippen LogP contribution in [-0.4, -0.2) is 45.4 Å². The van der Waals surface area contributed by atoms with Crippen molar-refractivity contribution < 1.29 is 15.0 Å². The highest BCUT2D eigenvalue weighted by Gasteiger charge is 2.39. The van der Waals surface area contributed by atoms with Crippen LogP contribution in [0.1, 0.15) is 56.9 Å². The summed E-state index contributed by atoms with van der Waals surface area (Å²) < 4.78 is 0. The number of aliphatic hydroxyl groups excluding tert-OH is 2. The van der Waals surface area contributed by atoms with Gasteiger partial charge in [-0.3, -0.25) is 9.78 Å². The van der Waals surface area contributed by atoms with E-state index < -0.39 is 24.3 Å². The number of pyridine rings is 1. The first-order chi connectivity index (χ1) is 13.0. The van der Waals surface area contributed by atoms with Crippen LogP contribution in [0.4, 0.5) is 0 Å². The molecule has 27 heavy (non-hydrogen) atoms. The lowest BCUT2D eigenvalue weighted by atomic mass is 9.82. The molecule has 1 aromatic heterocycles. The molecule has 1 aromatic rings. The highest BCUT2D eigenvalue weighted by atomic mass is 16.3. The molecule has 0 radical (unpaired) electrons. The van der Waals surface area contributed by atoms with Gasteiger partial charge in [0.15, 0.2) is 0 Å². The SMILES string of the molecule is N[C@H](Cc1ccncc1)C(=O)N[C@@H](CC1CCCCC1)[C@@H](O)[C@@H](O)C1CC1. The van der Waals surface area contributed by atoms with Gasteiger partial charge in [0.2, 0.25) is 5.91 Å².